The number of amides is 1. The van der Waals surface area contributed by atoms with Gasteiger partial charge in [-0.1, -0.05) is 6.07 Å². The Bertz CT molecular complexity index is 961. The van der Waals surface area contributed by atoms with Crippen molar-refractivity contribution in [3.63, 3.8) is 0 Å². The van der Waals surface area contributed by atoms with Gasteiger partial charge in [0.25, 0.3) is 11.5 Å². The van der Waals surface area contributed by atoms with Crippen LogP contribution in [0.3, 0.4) is 0 Å². The Hall–Kier alpha value is -3.29. The third kappa shape index (κ3) is 3.79. The monoisotopic (exact) mass is 364 g/mol. The number of nitrogens with zero attached hydrogens (tertiary/aromatic N) is 5. The van der Waals surface area contributed by atoms with E-state index in [1.165, 1.54) is 6.20 Å². The molecule has 1 aliphatic heterocycles. The van der Waals surface area contributed by atoms with Gasteiger partial charge in [-0.3, -0.25) is 14.6 Å². The summed E-state index contributed by atoms with van der Waals surface area (Å²) in [6, 6.07) is 5.85. The Morgan fingerprint density at radius 2 is 2.15 bits per heavy atom. The number of likely N-dealkylation sites (tertiary alicyclic amines) is 1. The van der Waals surface area contributed by atoms with Gasteiger partial charge in [-0.05, 0) is 25.0 Å². The summed E-state index contributed by atoms with van der Waals surface area (Å²) in [7, 11) is 0. The maximum Gasteiger partial charge on any atom is 0.273 e. The van der Waals surface area contributed by atoms with E-state index >= 15 is 0 Å². The van der Waals surface area contributed by atoms with E-state index in [0.29, 0.717) is 19.6 Å². The fourth-order valence-electron chi connectivity index (χ4n) is 3.47. The Labute approximate surface area is 155 Å². The van der Waals surface area contributed by atoms with Crippen LogP contribution >= 0.6 is 0 Å². The first-order chi connectivity index (χ1) is 13.2. The number of hydrogen-bond donors (Lipinski definition) is 1. The fourth-order valence-corrected chi connectivity index (χ4v) is 3.47. The molecular weight excluding hydrogens is 344 g/mol. The van der Waals surface area contributed by atoms with Crippen molar-refractivity contribution in [2.75, 3.05) is 13.1 Å². The van der Waals surface area contributed by atoms with Gasteiger partial charge in [-0.15, -0.1) is 0 Å². The maximum atomic E-state index is 12.7. The van der Waals surface area contributed by atoms with Crippen LogP contribution in [-0.4, -0.2) is 48.4 Å². The van der Waals surface area contributed by atoms with E-state index in [4.69, 9.17) is 0 Å². The molecule has 0 radical (unpaired) electrons. The molecule has 0 unspecified atom stereocenters. The van der Waals surface area contributed by atoms with Crippen LogP contribution in [0.15, 0.2) is 54.0 Å². The largest absolute Gasteiger partial charge is 0.337 e. The van der Waals surface area contributed by atoms with E-state index in [1.807, 2.05) is 24.4 Å². The highest BCUT2D eigenvalue weighted by atomic mass is 16.2. The maximum absolute atomic E-state index is 12.7. The van der Waals surface area contributed by atoms with Crippen molar-refractivity contribution < 1.29 is 4.79 Å². The molecular formula is C19H20N6O2. The predicted octanol–water partition coefficient (Wildman–Crippen LogP) is 1.43. The van der Waals surface area contributed by atoms with Crippen LogP contribution in [0.4, 0.5) is 0 Å². The molecule has 4 rings (SSSR count). The number of rotatable bonds is 4. The van der Waals surface area contributed by atoms with Gasteiger partial charge in [0.15, 0.2) is 0 Å². The molecule has 3 aromatic heterocycles. The normalized spacial score (nSPS) is 17.0. The van der Waals surface area contributed by atoms with Crippen LogP contribution in [-0.2, 0) is 6.54 Å². The van der Waals surface area contributed by atoms with Crippen molar-refractivity contribution in [2.45, 2.75) is 25.3 Å². The Morgan fingerprint density at radius 1 is 1.22 bits per heavy atom. The Balaban J connectivity index is 1.50. The van der Waals surface area contributed by atoms with Crippen molar-refractivity contribution in [1.29, 1.82) is 0 Å². The molecule has 1 N–H and O–H groups in total. The van der Waals surface area contributed by atoms with Crippen LogP contribution < -0.4 is 5.56 Å². The van der Waals surface area contributed by atoms with E-state index in [2.05, 4.69) is 24.5 Å². The highest BCUT2D eigenvalue weighted by Gasteiger charge is 2.28. The van der Waals surface area contributed by atoms with Crippen molar-refractivity contribution in [3.8, 4) is 0 Å². The number of hydrogen-bond acceptors (Lipinski definition) is 5. The average molecular weight is 364 g/mol. The highest BCUT2D eigenvalue weighted by Crippen LogP contribution is 2.27. The lowest BCUT2D eigenvalue weighted by molar-refractivity contribution is 0.0697. The van der Waals surface area contributed by atoms with E-state index < -0.39 is 0 Å². The summed E-state index contributed by atoms with van der Waals surface area (Å²) in [4.78, 5) is 41.0. The molecule has 0 bridgehead atoms. The number of imidazole rings is 1. The van der Waals surface area contributed by atoms with Gasteiger partial charge in [0.2, 0.25) is 0 Å². The summed E-state index contributed by atoms with van der Waals surface area (Å²) in [5.41, 5.74) is 0.907. The highest BCUT2D eigenvalue weighted by molar-refractivity contribution is 5.92. The molecule has 1 fully saturated rings. The van der Waals surface area contributed by atoms with Gasteiger partial charge in [0.05, 0.1) is 18.4 Å². The van der Waals surface area contributed by atoms with Gasteiger partial charge in [0, 0.05) is 43.8 Å². The third-order valence-corrected chi connectivity index (χ3v) is 4.77. The van der Waals surface area contributed by atoms with Gasteiger partial charge in [0.1, 0.15) is 11.5 Å². The molecule has 27 heavy (non-hydrogen) atoms. The molecule has 138 valence electrons. The molecule has 0 saturated carbocycles. The first-order valence-electron chi connectivity index (χ1n) is 8.95. The summed E-state index contributed by atoms with van der Waals surface area (Å²) >= 11 is 0. The topological polar surface area (TPSA) is 96.8 Å². The van der Waals surface area contributed by atoms with Crippen molar-refractivity contribution in [2.24, 2.45) is 0 Å². The van der Waals surface area contributed by atoms with Crippen LogP contribution in [0, 0.1) is 0 Å². The predicted molar refractivity (Wildman–Crippen MR) is 98.3 cm³/mol. The van der Waals surface area contributed by atoms with E-state index in [9.17, 15) is 9.59 Å². The zero-order valence-electron chi connectivity index (χ0n) is 14.8. The average Bonchev–Trinajstić information content (AvgIpc) is 3.17. The molecule has 1 atom stereocenters. The number of carbonyl (C=O) groups is 1. The summed E-state index contributed by atoms with van der Waals surface area (Å²) in [5, 5.41) is 0. The number of pyridine rings is 1. The number of aromatic amines is 1. The van der Waals surface area contributed by atoms with Gasteiger partial charge >= 0.3 is 0 Å². The van der Waals surface area contributed by atoms with Gasteiger partial charge < -0.3 is 14.5 Å². The lowest BCUT2D eigenvalue weighted by atomic mass is 9.96. The first kappa shape index (κ1) is 17.1. The molecule has 0 aromatic carbocycles. The lowest BCUT2D eigenvalue weighted by Crippen LogP contribution is -2.40. The molecule has 8 heteroatoms. The SMILES string of the molecule is O=C(c1c[nH]c(=O)cn1)N1CCC[C@@H](c2nccn2Cc2ccccn2)C1. The third-order valence-electron chi connectivity index (χ3n) is 4.77. The number of aromatic nitrogens is 5. The molecule has 0 spiro atoms. The minimum absolute atomic E-state index is 0.157. The summed E-state index contributed by atoms with van der Waals surface area (Å²) in [5.74, 6) is 0.954. The van der Waals surface area contributed by atoms with Crippen LogP contribution in [0.1, 0.15) is 40.8 Å². The quantitative estimate of drug-likeness (QED) is 0.755. The minimum Gasteiger partial charge on any atom is -0.337 e. The smallest absolute Gasteiger partial charge is 0.273 e. The number of carbonyl (C=O) groups excluding carboxylic acids is 1. The molecule has 0 aliphatic carbocycles. The van der Waals surface area contributed by atoms with E-state index in [1.54, 1.807) is 17.3 Å². The lowest BCUT2D eigenvalue weighted by Gasteiger charge is -2.32. The van der Waals surface area contributed by atoms with Crippen LogP contribution in [0.25, 0.3) is 0 Å². The second-order valence-electron chi connectivity index (χ2n) is 6.62. The standard InChI is InChI=1S/C19H20N6O2/c26-17-11-22-16(10-23-17)19(27)25-8-3-4-14(12-25)18-21-7-9-24(18)13-15-5-1-2-6-20-15/h1-2,5-7,9-11,14H,3-4,8,12-13H2,(H,23,26)/t14-/m1/s1. The van der Waals surface area contributed by atoms with Crippen molar-refractivity contribution in [1.82, 2.24) is 29.4 Å². The van der Waals surface area contributed by atoms with Crippen molar-refractivity contribution >= 4 is 5.91 Å². The first-order valence-corrected chi connectivity index (χ1v) is 8.95. The molecule has 1 aliphatic rings. The minimum atomic E-state index is -0.320. The molecule has 1 saturated heterocycles. The van der Waals surface area contributed by atoms with Gasteiger partial charge in [-0.2, -0.15) is 0 Å². The molecule has 4 heterocycles. The fraction of sp³-hybridized carbons (Fsp3) is 0.316. The Kier molecular flexibility index (Phi) is 4.78. The molecule has 1 amide bonds. The van der Waals surface area contributed by atoms with Crippen LogP contribution in [0.5, 0.6) is 0 Å². The summed E-state index contributed by atoms with van der Waals surface area (Å²) in [6.07, 6.45) is 9.91. The van der Waals surface area contributed by atoms with Crippen molar-refractivity contribution in [3.05, 3.63) is 76.7 Å². The summed E-state index contributed by atoms with van der Waals surface area (Å²) < 4.78 is 2.10. The Morgan fingerprint density at radius 3 is 2.93 bits per heavy atom. The zero-order chi connectivity index (χ0) is 18.6. The summed E-state index contributed by atoms with van der Waals surface area (Å²) in [6.45, 7) is 1.91. The zero-order valence-corrected chi connectivity index (χ0v) is 14.8. The second kappa shape index (κ2) is 7.53. The number of H-pyrrole nitrogens is 1. The van der Waals surface area contributed by atoms with E-state index in [-0.39, 0.29) is 23.1 Å². The number of nitrogens with one attached hydrogen (secondary N) is 1. The molecule has 8 nitrogen and oxygen atoms in total. The van der Waals surface area contributed by atoms with Crippen LogP contribution in [0.2, 0.25) is 0 Å². The van der Waals surface area contributed by atoms with Gasteiger partial charge in [-0.25, -0.2) is 9.97 Å². The molecule has 3 aromatic rings. The van der Waals surface area contributed by atoms with E-state index in [0.717, 1.165) is 30.6 Å². The number of piperidine rings is 1. The second-order valence-corrected chi connectivity index (χ2v) is 6.62.